The summed E-state index contributed by atoms with van der Waals surface area (Å²) in [5.41, 5.74) is -1.42. The number of aliphatic imine (C=N–C) groups is 1. The van der Waals surface area contributed by atoms with E-state index in [4.69, 9.17) is 14.0 Å². The van der Waals surface area contributed by atoms with E-state index in [-0.39, 0.29) is 22.4 Å². The first kappa shape index (κ1) is 25.3. The van der Waals surface area contributed by atoms with Crippen molar-refractivity contribution in [2.45, 2.75) is 11.2 Å². The van der Waals surface area contributed by atoms with E-state index in [0.29, 0.717) is 49.4 Å². The average molecular weight is 520 g/mol. The van der Waals surface area contributed by atoms with Crippen molar-refractivity contribution in [1.29, 1.82) is 5.26 Å². The summed E-state index contributed by atoms with van der Waals surface area (Å²) in [6.45, 7) is 2.20. The maximum absolute atomic E-state index is 13.7. The lowest BCUT2D eigenvalue weighted by atomic mass is 10.1. The normalized spacial score (nSPS) is 14.5. The Morgan fingerprint density at radius 3 is 2.67 bits per heavy atom. The van der Waals surface area contributed by atoms with Crippen LogP contribution in [-0.4, -0.2) is 55.3 Å². The van der Waals surface area contributed by atoms with Gasteiger partial charge in [-0.2, -0.15) is 18.4 Å². The van der Waals surface area contributed by atoms with E-state index in [1.807, 2.05) is 5.01 Å². The van der Waals surface area contributed by atoms with Gasteiger partial charge < -0.3 is 14.6 Å². The summed E-state index contributed by atoms with van der Waals surface area (Å²) in [4.78, 5) is 9.44. The standard InChI is InChI=1S/C22H19F3N6O4S/c1-33-15-4-2-14(3-5-15)18-10-17(22(23,24)25)16(11-26)21(27-18)36-13-19(32)28-20-12-31(29-35-20)30-6-8-34-9-7-30/h2-5,10,12H,6-9,13H2,1H3. The van der Waals surface area contributed by atoms with Crippen molar-refractivity contribution in [2.24, 2.45) is 4.99 Å². The molecule has 0 saturated carbocycles. The van der Waals surface area contributed by atoms with Gasteiger partial charge in [0, 0.05) is 11.3 Å². The van der Waals surface area contributed by atoms with E-state index >= 15 is 0 Å². The number of alkyl halides is 3. The smallest absolute Gasteiger partial charge is 0.417 e. The number of hydrogen-bond donors (Lipinski definition) is 0. The van der Waals surface area contributed by atoms with E-state index in [1.54, 1.807) is 30.3 Å². The van der Waals surface area contributed by atoms with Crippen molar-refractivity contribution < 1.29 is 37.1 Å². The van der Waals surface area contributed by atoms with Gasteiger partial charge in [0.25, 0.3) is 6.20 Å². The third-order valence-corrected chi connectivity index (χ3v) is 6.04. The molecule has 0 aliphatic carbocycles. The van der Waals surface area contributed by atoms with Gasteiger partial charge in [-0.15, -0.1) is 5.01 Å². The lowest BCUT2D eigenvalue weighted by Gasteiger charge is -2.18. The Bertz CT molecular complexity index is 1280. The van der Waals surface area contributed by atoms with Gasteiger partial charge in [-0.3, -0.25) is 4.52 Å². The zero-order valence-electron chi connectivity index (χ0n) is 18.9. The minimum atomic E-state index is -4.80. The Labute approximate surface area is 207 Å². The van der Waals surface area contributed by atoms with Crippen LogP contribution in [0.5, 0.6) is 5.75 Å². The number of methoxy groups -OCH3 is 1. The molecule has 3 heterocycles. The van der Waals surface area contributed by atoms with Crippen molar-refractivity contribution >= 4 is 23.5 Å². The molecule has 1 fully saturated rings. The molecular weight excluding hydrogens is 501 g/mol. The van der Waals surface area contributed by atoms with Gasteiger partial charge in [-0.05, 0) is 36.2 Å². The van der Waals surface area contributed by atoms with Crippen LogP contribution in [0, 0.1) is 11.3 Å². The third kappa shape index (κ3) is 5.86. The lowest BCUT2D eigenvalue weighted by Crippen LogP contribution is -2.62. The lowest BCUT2D eigenvalue weighted by molar-refractivity contribution is -0.759. The highest BCUT2D eigenvalue weighted by Gasteiger charge is 2.36. The molecule has 36 heavy (non-hydrogen) atoms. The predicted octanol–water partition coefficient (Wildman–Crippen LogP) is 2.07. The quantitative estimate of drug-likeness (QED) is 0.199. The molecule has 0 radical (unpaired) electrons. The molecule has 14 heteroatoms. The molecule has 0 bridgehead atoms. The molecule has 4 rings (SSSR count). The maximum Gasteiger partial charge on any atom is 0.417 e. The Morgan fingerprint density at radius 2 is 2.03 bits per heavy atom. The minimum Gasteiger partial charge on any atom is -0.861 e. The Morgan fingerprint density at radius 1 is 1.31 bits per heavy atom. The number of rotatable bonds is 7. The van der Waals surface area contributed by atoms with Crippen molar-refractivity contribution in [2.75, 3.05) is 44.2 Å². The van der Waals surface area contributed by atoms with E-state index < -0.39 is 23.2 Å². The first-order valence-electron chi connectivity index (χ1n) is 10.5. The Hall–Kier alpha value is -3.83. The number of halogens is 3. The molecular formula is C22H19F3N6O4S. The topological polar surface area (TPSA) is 124 Å². The molecule has 0 N–H and O–H groups in total. The van der Waals surface area contributed by atoms with Crippen LogP contribution in [0.25, 0.3) is 11.3 Å². The van der Waals surface area contributed by atoms with Crippen LogP contribution in [0.1, 0.15) is 11.1 Å². The van der Waals surface area contributed by atoms with Crippen LogP contribution in [0.3, 0.4) is 0 Å². The van der Waals surface area contributed by atoms with Crippen LogP contribution < -0.4 is 19.6 Å². The zero-order chi connectivity index (χ0) is 25.7. The molecule has 1 aliphatic heterocycles. The summed E-state index contributed by atoms with van der Waals surface area (Å²) < 4.78 is 56.6. The fourth-order valence-corrected chi connectivity index (χ4v) is 4.11. The monoisotopic (exact) mass is 520 g/mol. The number of thioether (sulfide) groups is 1. The number of aromatic nitrogens is 3. The Kier molecular flexibility index (Phi) is 7.61. The molecule has 1 aromatic carbocycles. The maximum atomic E-state index is 13.7. The second-order valence-electron chi connectivity index (χ2n) is 7.39. The van der Waals surface area contributed by atoms with Crippen LogP contribution in [0.4, 0.5) is 19.1 Å². The molecule has 3 aromatic rings. The predicted molar refractivity (Wildman–Crippen MR) is 119 cm³/mol. The van der Waals surface area contributed by atoms with Crippen LogP contribution in [0.15, 0.2) is 51.1 Å². The molecule has 0 spiro atoms. The van der Waals surface area contributed by atoms with E-state index in [9.17, 15) is 23.5 Å². The molecule has 0 atom stereocenters. The van der Waals surface area contributed by atoms with Crippen LogP contribution >= 0.6 is 11.8 Å². The first-order chi connectivity index (χ1) is 17.3. The van der Waals surface area contributed by atoms with Gasteiger partial charge in [0.15, 0.2) is 0 Å². The largest absolute Gasteiger partial charge is 0.861 e. The minimum absolute atomic E-state index is 0.00217. The number of morpholine rings is 1. The summed E-state index contributed by atoms with van der Waals surface area (Å²) in [5, 5.41) is 27.3. The number of nitrogens with zero attached hydrogens (tertiary/aromatic N) is 6. The summed E-state index contributed by atoms with van der Waals surface area (Å²) in [5.74, 6) is -0.612. The van der Waals surface area contributed by atoms with Crippen molar-refractivity contribution in [3.8, 4) is 23.1 Å². The van der Waals surface area contributed by atoms with E-state index in [0.717, 1.165) is 6.07 Å². The molecule has 1 aliphatic rings. The Balaban J connectivity index is 1.58. The van der Waals surface area contributed by atoms with Gasteiger partial charge in [-0.25, -0.2) is 9.98 Å². The third-order valence-electron chi connectivity index (χ3n) is 5.08. The molecule has 188 valence electrons. The summed E-state index contributed by atoms with van der Waals surface area (Å²) in [6.07, 6.45) is -3.38. The molecule has 0 unspecified atom stereocenters. The summed E-state index contributed by atoms with van der Waals surface area (Å²) in [6, 6.07) is 8.65. The number of hydrogen-bond acceptors (Lipinski definition) is 10. The summed E-state index contributed by atoms with van der Waals surface area (Å²) in [7, 11) is 1.47. The van der Waals surface area contributed by atoms with Gasteiger partial charge in [0.1, 0.15) is 16.8 Å². The number of pyridine rings is 1. The number of nitriles is 1. The van der Waals surface area contributed by atoms with Gasteiger partial charge >= 0.3 is 12.1 Å². The van der Waals surface area contributed by atoms with Crippen molar-refractivity contribution in [3.05, 3.63) is 47.7 Å². The molecule has 2 aromatic heterocycles. The van der Waals surface area contributed by atoms with E-state index in [2.05, 4.69) is 15.2 Å². The average Bonchev–Trinajstić information content (AvgIpc) is 3.35. The van der Waals surface area contributed by atoms with Gasteiger partial charge in [0.2, 0.25) is 5.27 Å². The van der Waals surface area contributed by atoms with Crippen molar-refractivity contribution in [3.63, 3.8) is 0 Å². The fraction of sp³-hybridized carbons (Fsp3) is 0.318. The SMILES string of the molecule is COc1ccc(-c2cc(C(F)(F)F)c(C#N)c(SC/C([O-])=N\c3c[n+](N4CCOCC4)no3)n2)cc1. The van der Waals surface area contributed by atoms with Crippen LogP contribution in [-0.2, 0) is 10.9 Å². The molecule has 1 saturated heterocycles. The van der Waals surface area contributed by atoms with Crippen molar-refractivity contribution in [1.82, 2.24) is 10.3 Å². The van der Waals surface area contributed by atoms with Gasteiger partial charge in [-0.1, -0.05) is 11.8 Å². The highest BCUT2D eigenvalue weighted by atomic mass is 32.2. The second kappa shape index (κ2) is 10.8. The second-order valence-corrected chi connectivity index (χ2v) is 8.36. The first-order valence-corrected chi connectivity index (χ1v) is 11.5. The number of ether oxygens (including phenoxy) is 2. The van der Waals surface area contributed by atoms with E-state index in [1.165, 1.54) is 18.1 Å². The summed E-state index contributed by atoms with van der Waals surface area (Å²) >= 11 is 0.683. The van der Waals surface area contributed by atoms with Crippen LogP contribution in [0.2, 0.25) is 0 Å². The highest BCUT2D eigenvalue weighted by molar-refractivity contribution is 7.99. The molecule has 10 nitrogen and oxygen atoms in total. The number of benzene rings is 1. The fourth-order valence-electron chi connectivity index (χ4n) is 3.32. The zero-order valence-corrected chi connectivity index (χ0v) is 19.7. The van der Waals surface area contributed by atoms with Gasteiger partial charge in [0.05, 0.1) is 55.0 Å². The molecule has 0 amide bonds. The highest BCUT2D eigenvalue weighted by Crippen LogP contribution is 2.38.